The fraction of sp³-hybridized carbons (Fsp3) is 0.917. The van der Waals surface area contributed by atoms with Gasteiger partial charge < -0.3 is 10.6 Å². The summed E-state index contributed by atoms with van der Waals surface area (Å²) in [6.07, 6.45) is 5.16. The first-order chi connectivity index (χ1) is 9.55. The van der Waals surface area contributed by atoms with Crippen LogP contribution in [0.1, 0.15) is 26.2 Å². The summed E-state index contributed by atoms with van der Waals surface area (Å²) >= 11 is 1.86. The molecule has 0 aromatic heterocycles. The van der Waals surface area contributed by atoms with Crippen LogP contribution in [0.15, 0.2) is 4.99 Å². The first kappa shape index (κ1) is 23.5. The Morgan fingerprint density at radius 3 is 2.24 bits per heavy atom. The maximum Gasteiger partial charge on any atom is 0.211 e. The van der Waals surface area contributed by atoms with E-state index in [9.17, 15) is 8.42 Å². The van der Waals surface area contributed by atoms with Gasteiger partial charge >= 0.3 is 0 Å². The summed E-state index contributed by atoms with van der Waals surface area (Å²) in [4.78, 5) is 4.12. The molecule has 0 aliphatic rings. The number of unbranched alkanes of at least 4 members (excludes halogenated alkanes) is 1. The molecule has 21 heavy (non-hydrogen) atoms. The first-order valence-corrected chi connectivity index (χ1v) is 10.0. The van der Waals surface area contributed by atoms with E-state index in [4.69, 9.17) is 0 Å². The molecule has 0 atom stereocenters. The van der Waals surface area contributed by atoms with E-state index >= 15 is 0 Å². The molecule has 0 bridgehead atoms. The zero-order chi connectivity index (χ0) is 15.3. The maximum absolute atomic E-state index is 11.2. The van der Waals surface area contributed by atoms with E-state index in [1.54, 1.807) is 14.0 Å². The van der Waals surface area contributed by atoms with Crippen LogP contribution in [0.3, 0.4) is 0 Å². The molecule has 0 unspecified atom stereocenters. The van der Waals surface area contributed by atoms with Gasteiger partial charge in [-0.15, -0.1) is 24.0 Å². The summed E-state index contributed by atoms with van der Waals surface area (Å²) in [7, 11) is -1.34. The standard InChI is InChI=1S/C12H28N4O2S2.HI/c1-4-20(17,18)16-10-7-9-15-12(13-2)14-8-5-6-11-19-3;/h16H,4-11H2,1-3H3,(H2,13,14,15);1H. The average Bonchev–Trinajstić information content (AvgIpc) is 2.44. The van der Waals surface area contributed by atoms with Crippen molar-refractivity contribution in [1.29, 1.82) is 0 Å². The van der Waals surface area contributed by atoms with Crippen LogP contribution in [0.5, 0.6) is 0 Å². The van der Waals surface area contributed by atoms with Gasteiger partial charge in [-0.1, -0.05) is 0 Å². The van der Waals surface area contributed by atoms with Crippen LogP contribution in [0.4, 0.5) is 0 Å². The Morgan fingerprint density at radius 1 is 1.10 bits per heavy atom. The summed E-state index contributed by atoms with van der Waals surface area (Å²) < 4.78 is 25.0. The van der Waals surface area contributed by atoms with Crippen molar-refractivity contribution in [1.82, 2.24) is 15.4 Å². The number of thioether (sulfide) groups is 1. The second-order valence-corrected chi connectivity index (χ2v) is 7.36. The third-order valence-electron chi connectivity index (χ3n) is 2.64. The lowest BCUT2D eigenvalue weighted by Gasteiger charge is -2.11. The molecule has 0 aliphatic heterocycles. The lowest BCUT2D eigenvalue weighted by atomic mass is 10.3. The van der Waals surface area contributed by atoms with Crippen molar-refractivity contribution in [2.45, 2.75) is 26.2 Å². The van der Waals surface area contributed by atoms with Crippen molar-refractivity contribution < 1.29 is 8.42 Å². The quantitative estimate of drug-likeness (QED) is 0.190. The minimum Gasteiger partial charge on any atom is -0.356 e. The predicted octanol–water partition coefficient (Wildman–Crippen LogP) is 1.24. The van der Waals surface area contributed by atoms with E-state index in [0.717, 1.165) is 25.3 Å². The Hall–Kier alpha value is 0.260. The summed E-state index contributed by atoms with van der Waals surface area (Å²) in [5, 5.41) is 6.40. The average molecular weight is 452 g/mol. The summed E-state index contributed by atoms with van der Waals surface area (Å²) in [6.45, 7) is 3.68. The second kappa shape index (κ2) is 15.2. The molecule has 0 rings (SSSR count). The van der Waals surface area contributed by atoms with Crippen molar-refractivity contribution in [2.75, 3.05) is 44.4 Å². The van der Waals surface area contributed by atoms with Crippen molar-refractivity contribution in [2.24, 2.45) is 4.99 Å². The van der Waals surface area contributed by atoms with Gasteiger partial charge in [0.05, 0.1) is 5.75 Å². The number of hydrogen-bond donors (Lipinski definition) is 3. The minimum absolute atomic E-state index is 0. The van der Waals surface area contributed by atoms with Crippen LogP contribution in [0.25, 0.3) is 0 Å². The molecule has 128 valence electrons. The third kappa shape index (κ3) is 14.9. The van der Waals surface area contributed by atoms with Crippen LogP contribution in [0.2, 0.25) is 0 Å². The molecule has 0 radical (unpaired) electrons. The normalized spacial score (nSPS) is 11.9. The van der Waals surface area contributed by atoms with Gasteiger partial charge in [0.2, 0.25) is 10.0 Å². The van der Waals surface area contributed by atoms with Crippen molar-refractivity contribution in [3.63, 3.8) is 0 Å². The zero-order valence-electron chi connectivity index (χ0n) is 13.1. The highest BCUT2D eigenvalue weighted by Gasteiger charge is 2.04. The Balaban J connectivity index is 0. The maximum atomic E-state index is 11.2. The Labute approximate surface area is 150 Å². The van der Waals surface area contributed by atoms with E-state index < -0.39 is 10.0 Å². The van der Waals surface area contributed by atoms with Gasteiger partial charge in [-0.2, -0.15) is 11.8 Å². The summed E-state index contributed by atoms with van der Waals surface area (Å²) in [6, 6.07) is 0. The van der Waals surface area contributed by atoms with Crippen LogP contribution in [-0.4, -0.2) is 58.8 Å². The van der Waals surface area contributed by atoms with Gasteiger partial charge in [0.15, 0.2) is 5.96 Å². The number of sulfonamides is 1. The van der Waals surface area contributed by atoms with Crippen molar-refractivity contribution in [3.05, 3.63) is 0 Å². The molecule has 0 aromatic carbocycles. The SMILES string of the molecule is CCS(=O)(=O)NCCCNC(=NC)NCCCCSC.I. The fourth-order valence-corrected chi connectivity index (χ4v) is 2.58. The lowest BCUT2D eigenvalue weighted by molar-refractivity contribution is 0.579. The number of aliphatic imine (C=N–C) groups is 1. The molecule has 6 nitrogen and oxygen atoms in total. The van der Waals surface area contributed by atoms with Crippen LogP contribution in [-0.2, 0) is 10.0 Å². The second-order valence-electron chi connectivity index (χ2n) is 4.28. The van der Waals surface area contributed by atoms with Gasteiger partial charge in [-0.25, -0.2) is 13.1 Å². The van der Waals surface area contributed by atoms with E-state index in [0.29, 0.717) is 13.1 Å². The largest absolute Gasteiger partial charge is 0.356 e. The molecule has 3 N–H and O–H groups in total. The molecule has 0 amide bonds. The Kier molecular flexibility index (Phi) is 17.0. The van der Waals surface area contributed by atoms with Crippen LogP contribution >= 0.6 is 35.7 Å². The van der Waals surface area contributed by atoms with E-state index in [2.05, 4.69) is 26.6 Å². The topological polar surface area (TPSA) is 82.6 Å². The molecule has 0 aromatic rings. The predicted molar refractivity (Wildman–Crippen MR) is 104 cm³/mol. The number of rotatable bonds is 11. The van der Waals surface area contributed by atoms with E-state index in [-0.39, 0.29) is 29.7 Å². The first-order valence-electron chi connectivity index (χ1n) is 6.96. The van der Waals surface area contributed by atoms with Gasteiger partial charge in [-0.05, 0) is 38.2 Å². The van der Waals surface area contributed by atoms with Crippen LogP contribution in [0, 0.1) is 0 Å². The number of halogens is 1. The number of hydrogen-bond acceptors (Lipinski definition) is 4. The highest BCUT2D eigenvalue weighted by Crippen LogP contribution is 1.97. The monoisotopic (exact) mass is 452 g/mol. The molecular formula is C12H29IN4O2S2. The van der Waals surface area contributed by atoms with Gasteiger partial charge in [-0.3, -0.25) is 4.99 Å². The Morgan fingerprint density at radius 2 is 1.71 bits per heavy atom. The van der Waals surface area contributed by atoms with E-state index in [1.165, 1.54) is 12.2 Å². The number of nitrogens with one attached hydrogen (secondary N) is 3. The highest BCUT2D eigenvalue weighted by molar-refractivity contribution is 14.0. The molecule has 0 saturated heterocycles. The van der Waals surface area contributed by atoms with Crippen LogP contribution < -0.4 is 15.4 Å². The Bertz CT molecular complexity index is 364. The van der Waals surface area contributed by atoms with Gasteiger partial charge in [0.1, 0.15) is 0 Å². The van der Waals surface area contributed by atoms with Gasteiger partial charge in [0.25, 0.3) is 0 Å². The summed E-state index contributed by atoms with van der Waals surface area (Å²) in [5.74, 6) is 2.08. The molecule has 9 heteroatoms. The van der Waals surface area contributed by atoms with Crippen molar-refractivity contribution in [3.8, 4) is 0 Å². The fourth-order valence-electron chi connectivity index (χ4n) is 1.42. The molecule has 0 fully saturated rings. The molecule has 0 heterocycles. The smallest absolute Gasteiger partial charge is 0.211 e. The zero-order valence-corrected chi connectivity index (χ0v) is 17.1. The molecule has 0 saturated carbocycles. The molecule has 0 spiro atoms. The summed E-state index contributed by atoms with van der Waals surface area (Å²) in [5.41, 5.74) is 0. The third-order valence-corrected chi connectivity index (χ3v) is 4.74. The number of guanidine groups is 1. The van der Waals surface area contributed by atoms with Crippen molar-refractivity contribution >= 4 is 51.7 Å². The van der Waals surface area contributed by atoms with Gasteiger partial charge in [0, 0.05) is 26.7 Å². The highest BCUT2D eigenvalue weighted by atomic mass is 127. The lowest BCUT2D eigenvalue weighted by Crippen LogP contribution is -2.39. The van der Waals surface area contributed by atoms with E-state index in [1.807, 2.05) is 11.8 Å². The molecule has 0 aliphatic carbocycles. The minimum atomic E-state index is -3.07. The number of nitrogens with zero attached hydrogens (tertiary/aromatic N) is 1. The molecular weight excluding hydrogens is 423 g/mol.